The van der Waals surface area contributed by atoms with Crippen LogP contribution in [0.2, 0.25) is 0 Å². The van der Waals surface area contributed by atoms with Gasteiger partial charge in [-0.3, -0.25) is 14.4 Å². The quantitative estimate of drug-likeness (QED) is 0.192. The van der Waals surface area contributed by atoms with Gasteiger partial charge in [0.2, 0.25) is 5.60 Å². The number of carbonyl (C=O) groups is 4. The van der Waals surface area contributed by atoms with Crippen molar-refractivity contribution in [1.82, 2.24) is 15.1 Å². The number of benzene rings is 3. The number of alkyl halides is 3. The zero-order valence-electron chi connectivity index (χ0n) is 32.8. The average Bonchev–Trinajstić information content (AvgIpc) is 3.15. The number of fused-ring (bicyclic) bond motifs is 1. The van der Waals surface area contributed by atoms with E-state index in [0.717, 1.165) is 36.2 Å². The van der Waals surface area contributed by atoms with E-state index in [-0.39, 0.29) is 43.7 Å². The first-order chi connectivity index (χ1) is 26.4. The van der Waals surface area contributed by atoms with Gasteiger partial charge in [0.05, 0.1) is 22.2 Å². The molecule has 3 aromatic rings. The smallest absolute Gasteiger partial charge is 0.417 e. The third kappa shape index (κ3) is 10.00. The first-order valence-electron chi connectivity index (χ1n) is 18.9. The fourth-order valence-electron chi connectivity index (χ4n) is 6.79. The summed E-state index contributed by atoms with van der Waals surface area (Å²) in [5.41, 5.74) is -3.33. The van der Waals surface area contributed by atoms with E-state index in [4.69, 9.17) is 14.2 Å². The predicted octanol–water partition coefficient (Wildman–Crippen LogP) is 7.22. The highest BCUT2D eigenvalue weighted by Gasteiger charge is 2.49. The molecule has 56 heavy (non-hydrogen) atoms. The van der Waals surface area contributed by atoms with Crippen molar-refractivity contribution in [3.8, 4) is 5.75 Å². The summed E-state index contributed by atoms with van der Waals surface area (Å²) >= 11 is 0. The fraction of sp³-hybridized carbons (Fsp3) is 0.476. The second-order valence-electron chi connectivity index (χ2n) is 15.7. The zero-order valence-corrected chi connectivity index (χ0v) is 32.8. The van der Waals surface area contributed by atoms with Gasteiger partial charge in [0, 0.05) is 38.3 Å². The molecule has 3 aromatic carbocycles. The maximum atomic E-state index is 14.9. The van der Waals surface area contributed by atoms with E-state index in [0.29, 0.717) is 13.0 Å². The fourth-order valence-corrected chi connectivity index (χ4v) is 6.79. The van der Waals surface area contributed by atoms with Crippen LogP contribution in [0, 0.1) is 5.41 Å². The highest BCUT2D eigenvalue weighted by atomic mass is 19.4. The summed E-state index contributed by atoms with van der Waals surface area (Å²) in [7, 11) is 0. The molecule has 1 fully saturated rings. The van der Waals surface area contributed by atoms with E-state index in [1.807, 2.05) is 60.7 Å². The summed E-state index contributed by atoms with van der Waals surface area (Å²) in [5.74, 6) is -2.55. The average molecular weight is 781 g/mol. The van der Waals surface area contributed by atoms with Crippen LogP contribution in [0.25, 0.3) is 0 Å². The minimum Gasteiger partial charge on any atom is -0.472 e. The van der Waals surface area contributed by atoms with Gasteiger partial charge in [-0.1, -0.05) is 60.7 Å². The highest BCUT2D eigenvalue weighted by Crippen LogP contribution is 2.45. The van der Waals surface area contributed by atoms with Crippen LogP contribution in [0.5, 0.6) is 5.75 Å². The molecule has 2 aliphatic heterocycles. The Hall–Kier alpha value is -5.11. The number of nitrogens with zero attached hydrogens (tertiary/aromatic N) is 3. The summed E-state index contributed by atoms with van der Waals surface area (Å²) in [6.07, 6.45) is -4.30. The Kier molecular flexibility index (Phi) is 13.0. The summed E-state index contributed by atoms with van der Waals surface area (Å²) in [6, 6.07) is 19.2. The van der Waals surface area contributed by atoms with Crippen molar-refractivity contribution < 1.29 is 46.6 Å². The Bertz CT molecular complexity index is 1860. The highest BCUT2D eigenvalue weighted by molar-refractivity contribution is 6.05. The van der Waals surface area contributed by atoms with Crippen molar-refractivity contribution in [2.24, 2.45) is 5.41 Å². The molecule has 0 aliphatic carbocycles. The van der Waals surface area contributed by atoms with E-state index < -0.39 is 64.8 Å². The molecule has 2 atom stereocenters. The van der Waals surface area contributed by atoms with Gasteiger partial charge < -0.3 is 34.2 Å². The maximum absolute atomic E-state index is 14.9. The Morgan fingerprint density at radius 2 is 1.62 bits per heavy atom. The number of piperidine rings is 1. The zero-order chi connectivity index (χ0) is 40.8. The number of rotatable bonds is 12. The number of hydrogen-bond acceptors (Lipinski definition) is 8. The molecule has 1 saturated heterocycles. The number of hydrogen-bond donors (Lipinski definition) is 1. The molecule has 0 bridgehead atoms. The third-order valence-corrected chi connectivity index (χ3v) is 9.78. The molecule has 2 heterocycles. The second-order valence-corrected chi connectivity index (χ2v) is 15.7. The van der Waals surface area contributed by atoms with Crippen molar-refractivity contribution in [2.45, 2.75) is 91.4 Å². The minimum absolute atomic E-state index is 0.0178. The van der Waals surface area contributed by atoms with Gasteiger partial charge >= 0.3 is 18.2 Å². The first-order valence-corrected chi connectivity index (χ1v) is 18.9. The summed E-state index contributed by atoms with van der Waals surface area (Å²) < 4.78 is 62.0. The van der Waals surface area contributed by atoms with Crippen LogP contribution < -0.4 is 15.0 Å². The molecule has 5 rings (SSSR count). The number of anilines is 1. The van der Waals surface area contributed by atoms with Crippen LogP contribution in [0.3, 0.4) is 0 Å². The van der Waals surface area contributed by atoms with Gasteiger partial charge in [-0.15, -0.1) is 0 Å². The Labute approximate surface area is 326 Å². The van der Waals surface area contributed by atoms with Gasteiger partial charge in [0.15, 0.2) is 0 Å². The number of amides is 3. The number of nitrogens with one attached hydrogen (secondary N) is 1. The lowest BCUT2D eigenvalue weighted by Crippen LogP contribution is -2.58. The molecule has 0 saturated carbocycles. The van der Waals surface area contributed by atoms with Crippen LogP contribution >= 0.6 is 0 Å². The lowest BCUT2D eigenvalue weighted by Gasteiger charge is -2.42. The van der Waals surface area contributed by atoms with Gasteiger partial charge in [0.1, 0.15) is 19.0 Å². The summed E-state index contributed by atoms with van der Waals surface area (Å²) in [5, 5.41) is 3.23. The second kappa shape index (κ2) is 17.4. The molecule has 302 valence electrons. The van der Waals surface area contributed by atoms with Crippen molar-refractivity contribution in [2.75, 3.05) is 37.7 Å². The molecule has 14 heteroatoms. The van der Waals surface area contributed by atoms with E-state index in [9.17, 15) is 32.3 Å². The predicted molar refractivity (Wildman–Crippen MR) is 204 cm³/mol. The standard InChI is InChI=1S/C42H51F3N4O7/c1-28(2)49(31-18-13-19-46-24-31)36(50)32-22-34-35(23-33(32)42(43,44)45)56-41(6,27-55-38(52)40(3,4)5)37(51)48(34)21-20-47(25-29-14-9-7-10-15-29)39(53)54-26-30-16-11-8-12-17-30/h7-12,14-17,22-23,28,31,46H,13,18-21,24-27H2,1-6H3/t31-,41?/m1/s1. The van der Waals surface area contributed by atoms with Crippen LogP contribution in [-0.2, 0) is 38.4 Å². The van der Waals surface area contributed by atoms with Gasteiger partial charge in [-0.2, -0.15) is 13.2 Å². The van der Waals surface area contributed by atoms with Gasteiger partial charge in [0.25, 0.3) is 11.8 Å². The van der Waals surface area contributed by atoms with E-state index in [1.165, 1.54) is 21.6 Å². The van der Waals surface area contributed by atoms with Crippen LogP contribution in [0.1, 0.15) is 81.4 Å². The van der Waals surface area contributed by atoms with E-state index in [1.54, 1.807) is 34.6 Å². The normalized spacial score (nSPS) is 18.5. The number of ether oxygens (including phenoxy) is 3. The lowest BCUT2D eigenvalue weighted by molar-refractivity contribution is -0.161. The summed E-state index contributed by atoms with van der Waals surface area (Å²) in [4.78, 5) is 59.3. The molecule has 3 amide bonds. The SMILES string of the molecule is CC(C)N(C(=O)c1cc2c(cc1C(F)(F)F)OC(C)(COC(=O)C(C)(C)C)C(=O)N2CCN(Cc1ccccc1)C(=O)OCc1ccccc1)[C@@H]1CCCNC1. The molecular formula is C42H51F3N4O7. The van der Waals surface area contributed by atoms with Crippen LogP contribution in [-0.4, -0.2) is 84.1 Å². The topological polar surface area (TPSA) is 118 Å². The Morgan fingerprint density at radius 1 is 0.982 bits per heavy atom. The monoisotopic (exact) mass is 780 g/mol. The lowest BCUT2D eigenvalue weighted by atomic mass is 9.95. The van der Waals surface area contributed by atoms with Gasteiger partial charge in [-0.05, 0) is 84.2 Å². The molecule has 1 N–H and O–H groups in total. The van der Waals surface area contributed by atoms with Crippen LogP contribution in [0.15, 0.2) is 72.8 Å². The molecule has 0 aromatic heterocycles. The molecule has 1 unspecified atom stereocenters. The number of esters is 1. The number of halogens is 3. The molecule has 0 spiro atoms. The minimum atomic E-state index is -4.98. The first kappa shape index (κ1) is 42.0. The maximum Gasteiger partial charge on any atom is 0.417 e. The van der Waals surface area contributed by atoms with Gasteiger partial charge in [-0.25, -0.2) is 4.79 Å². The molecule has 0 radical (unpaired) electrons. The molecule has 11 nitrogen and oxygen atoms in total. The molecule has 2 aliphatic rings. The molecular weight excluding hydrogens is 729 g/mol. The largest absolute Gasteiger partial charge is 0.472 e. The Morgan fingerprint density at radius 3 is 2.20 bits per heavy atom. The Balaban J connectivity index is 1.56. The number of carbonyl (C=O) groups excluding carboxylic acids is 4. The van der Waals surface area contributed by atoms with E-state index in [2.05, 4.69) is 5.32 Å². The van der Waals surface area contributed by atoms with E-state index >= 15 is 0 Å². The van der Waals surface area contributed by atoms with Crippen molar-refractivity contribution in [1.29, 1.82) is 0 Å². The van der Waals surface area contributed by atoms with Crippen molar-refractivity contribution in [3.63, 3.8) is 0 Å². The summed E-state index contributed by atoms with van der Waals surface area (Å²) in [6.45, 7) is 9.98. The third-order valence-electron chi connectivity index (χ3n) is 9.78. The van der Waals surface area contributed by atoms with Crippen molar-refractivity contribution >= 4 is 29.6 Å². The van der Waals surface area contributed by atoms with Crippen molar-refractivity contribution in [3.05, 3.63) is 95.1 Å². The van der Waals surface area contributed by atoms with Crippen LogP contribution in [0.4, 0.5) is 23.7 Å².